The van der Waals surface area contributed by atoms with E-state index in [1.54, 1.807) is 13.0 Å². The molecular weight excluding hydrogens is 836 g/mol. The van der Waals surface area contributed by atoms with E-state index in [0.717, 1.165) is 100.0 Å². The maximum Gasteiger partial charge on any atom is 0.416 e. The van der Waals surface area contributed by atoms with Gasteiger partial charge in [-0.2, -0.15) is 13.2 Å². The SMILES string of the molecule is Cc1cc(C(F)(F)F)ccc1-c1ccc2c(c1)c1ccccc1n2-c1ccc(-c2cccc3c4ccccc4n(-c4ccccc4)c23)cc1-c1nc(-c2ccccc2)nc(-c2ccccc2)n1. The molecule has 5 nitrogen and oxygen atoms in total. The fourth-order valence-electron chi connectivity index (χ4n) is 9.67. The van der Waals surface area contributed by atoms with Crippen molar-refractivity contribution < 1.29 is 13.2 Å². The first-order valence-corrected chi connectivity index (χ1v) is 22.1. The Morgan fingerprint density at radius 2 is 0.910 bits per heavy atom. The molecule has 67 heavy (non-hydrogen) atoms. The molecule has 0 aliphatic carbocycles. The Labute approximate surface area is 383 Å². The molecule has 8 heteroatoms. The van der Waals surface area contributed by atoms with Crippen LogP contribution in [0.4, 0.5) is 13.2 Å². The molecule has 9 aromatic carbocycles. The molecule has 0 saturated heterocycles. The van der Waals surface area contributed by atoms with E-state index in [9.17, 15) is 13.2 Å². The number of para-hydroxylation sites is 4. The van der Waals surface area contributed by atoms with Crippen LogP contribution >= 0.6 is 0 Å². The van der Waals surface area contributed by atoms with Crippen LogP contribution in [0.25, 0.3) is 111 Å². The number of nitrogens with zero attached hydrogens (tertiary/aromatic N) is 5. The van der Waals surface area contributed by atoms with Gasteiger partial charge >= 0.3 is 6.18 Å². The molecule has 0 saturated carbocycles. The predicted molar refractivity (Wildman–Crippen MR) is 265 cm³/mol. The molecule has 0 aliphatic rings. The van der Waals surface area contributed by atoms with Gasteiger partial charge in [0.25, 0.3) is 0 Å². The highest BCUT2D eigenvalue weighted by Crippen LogP contribution is 2.43. The zero-order chi connectivity index (χ0) is 45.2. The normalized spacial score (nSPS) is 11.9. The van der Waals surface area contributed by atoms with Gasteiger partial charge in [0, 0.05) is 49.5 Å². The molecule has 3 heterocycles. The highest BCUT2D eigenvalue weighted by molar-refractivity contribution is 6.14. The minimum absolute atomic E-state index is 0.503. The molecule has 0 radical (unpaired) electrons. The number of hydrogen-bond donors (Lipinski definition) is 0. The van der Waals surface area contributed by atoms with Crippen LogP contribution in [0.3, 0.4) is 0 Å². The number of benzene rings is 9. The Kier molecular flexibility index (Phi) is 9.43. The van der Waals surface area contributed by atoms with Gasteiger partial charge in [-0.1, -0.05) is 152 Å². The van der Waals surface area contributed by atoms with Crippen molar-refractivity contribution in [3.8, 4) is 67.8 Å². The molecule has 12 aromatic rings. The first-order chi connectivity index (χ1) is 32.8. The Balaban J connectivity index is 1.14. The molecule has 0 bridgehead atoms. The van der Waals surface area contributed by atoms with Crippen molar-refractivity contribution in [3.63, 3.8) is 0 Å². The Bertz CT molecular complexity index is 3800. The van der Waals surface area contributed by atoms with Gasteiger partial charge in [-0.3, -0.25) is 0 Å². The third-order valence-corrected chi connectivity index (χ3v) is 12.7. The minimum atomic E-state index is -4.43. The Morgan fingerprint density at radius 1 is 0.373 bits per heavy atom. The van der Waals surface area contributed by atoms with Crippen molar-refractivity contribution in [2.75, 3.05) is 0 Å². The van der Waals surface area contributed by atoms with Gasteiger partial charge in [-0.25, -0.2) is 15.0 Å². The van der Waals surface area contributed by atoms with Crippen LogP contribution in [0.5, 0.6) is 0 Å². The highest BCUT2D eigenvalue weighted by Gasteiger charge is 2.31. The third kappa shape index (κ3) is 6.84. The van der Waals surface area contributed by atoms with Crippen molar-refractivity contribution in [2.45, 2.75) is 13.1 Å². The topological polar surface area (TPSA) is 48.5 Å². The molecule has 0 atom stereocenters. The van der Waals surface area contributed by atoms with Gasteiger partial charge < -0.3 is 9.13 Å². The lowest BCUT2D eigenvalue weighted by molar-refractivity contribution is -0.137. The lowest BCUT2D eigenvalue weighted by atomic mass is 9.97. The summed E-state index contributed by atoms with van der Waals surface area (Å²) in [5, 5.41) is 4.27. The largest absolute Gasteiger partial charge is 0.416 e. The maximum atomic E-state index is 13.7. The van der Waals surface area contributed by atoms with Gasteiger partial charge in [-0.15, -0.1) is 0 Å². The van der Waals surface area contributed by atoms with Gasteiger partial charge in [-0.05, 0) is 89.8 Å². The van der Waals surface area contributed by atoms with E-state index < -0.39 is 11.7 Å². The molecule has 320 valence electrons. The van der Waals surface area contributed by atoms with Crippen LogP contribution in [0.1, 0.15) is 11.1 Å². The van der Waals surface area contributed by atoms with Crippen molar-refractivity contribution in [3.05, 3.63) is 223 Å². The summed E-state index contributed by atoms with van der Waals surface area (Å²) in [5.74, 6) is 1.60. The second-order valence-electron chi connectivity index (χ2n) is 16.8. The van der Waals surface area contributed by atoms with Crippen LogP contribution in [-0.4, -0.2) is 24.1 Å². The van der Waals surface area contributed by atoms with Gasteiger partial charge in [0.15, 0.2) is 17.5 Å². The van der Waals surface area contributed by atoms with E-state index in [1.807, 2.05) is 84.9 Å². The molecule has 0 aliphatic heterocycles. The summed E-state index contributed by atoms with van der Waals surface area (Å²) in [6, 6.07) is 70.3. The number of hydrogen-bond acceptors (Lipinski definition) is 3. The predicted octanol–water partition coefficient (Wildman–Crippen LogP) is 15.7. The number of alkyl halides is 3. The Hall–Kier alpha value is -8.62. The first kappa shape index (κ1) is 39.9. The molecule has 0 unspecified atom stereocenters. The number of fused-ring (bicyclic) bond motifs is 6. The van der Waals surface area contributed by atoms with E-state index in [4.69, 9.17) is 15.0 Å². The molecule has 0 amide bonds. The van der Waals surface area contributed by atoms with Crippen LogP contribution in [0.15, 0.2) is 212 Å². The number of aromatic nitrogens is 5. The van der Waals surface area contributed by atoms with Gasteiger partial charge in [0.2, 0.25) is 0 Å². The van der Waals surface area contributed by atoms with Crippen molar-refractivity contribution in [1.29, 1.82) is 0 Å². The number of aryl methyl sites for hydroxylation is 1. The van der Waals surface area contributed by atoms with Crippen molar-refractivity contribution in [2.24, 2.45) is 0 Å². The second-order valence-corrected chi connectivity index (χ2v) is 16.8. The minimum Gasteiger partial charge on any atom is -0.309 e. The standard InChI is InChI=1S/C59H38F3N5/c1-37-34-42(59(60,61)62)30-31-44(37)40-28-32-53-49(35-40)47-23-12-14-27-52(47)67(53)54-33-29-41(45-24-15-25-48-46-22-11-13-26-51(46)66(55(45)48)43-20-9-4-10-21-43)36-50(54)58-64-56(38-16-5-2-6-17-38)63-57(65-58)39-18-7-3-8-19-39/h2-36H,1H3. The summed E-state index contributed by atoms with van der Waals surface area (Å²) in [4.78, 5) is 15.6. The van der Waals surface area contributed by atoms with Gasteiger partial charge in [0.05, 0.1) is 33.3 Å². The van der Waals surface area contributed by atoms with E-state index in [0.29, 0.717) is 23.0 Å². The van der Waals surface area contributed by atoms with Crippen LogP contribution in [0.2, 0.25) is 0 Å². The molecule has 12 rings (SSSR count). The fourth-order valence-corrected chi connectivity index (χ4v) is 9.67. The molecule has 0 fully saturated rings. The lowest BCUT2D eigenvalue weighted by Crippen LogP contribution is -2.05. The highest BCUT2D eigenvalue weighted by atomic mass is 19.4. The average Bonchev–Trinajstić information content (AvgIpc) is 3.89. The zero-order valence-electron chi connectivity index (χ0n) is 36.1. The molecule has 0 spiro atoms. The number of halogens is 3. The average molecular weight is 874 g/mol. The third-order valence-electron chi connectivity index (χ3n) is 12.7. The fraction of sp³-hybridized carbons (Fsp3) is 0.0339. The van der Waals surface area contributed by atoms with E-state index in [2.05, 4.69) is 118 Å². The smallest absolute Gasteiger partial charge is 0.309 e. The molecule has 0 N–H and O–H groups in total. The zero-order valence-corrected chi connectivity index (χ0v) is 36.1. The van der Waals surface area contributed by atoms with E-state index >= 15 is 0 Å². The molecule has 3 aromatic heterocycles. The lowest BCUT2D eigenvalue weighted by Gasteiger charge is -2.17. The summed E-state index contributed by atoms with van der Waals surface area (Å²) in [6.07, 6.45) is -4.43. The summed E-state index contributed by atoms with van der Waals surface area (Å²) < 4.78 is 45.8. The molecular formula is C59H38F3N5. The van der Waals surface area contributed by atoms with Crippen LogP contribution in [-0.2, 0) is 6.18 Å². The summed E-state index contributed by atoms with van der Waals surface area (Å²) in [5.41, 5.74) is 12.0. The van der Waals surface area contributed by atoms with Crippen molar-refractivity contribution in [1.82, 2.24) is 24.1 Å². The first-order valence-electron chi connectivity index (χ1n) is 22.1. The van der Waals surface area contributed by atoms with E-state index in [1.165, 1.54) is 6.07 Å². The van der Waals surface area contributed by atoms with Crippen LogP contribution in [0, 0.1) is 6.92 Å². The second kappa shape index (κ2) is 15.8. The Morgan fingerprint density at radius 3 is 1.57 bits per heavy atom. The van der Waals surface area contributed by atoms with Crippen LogP contribution < -0.4 is 0 Å². The monoisotopic (exact) mass is 873 g/mol. The van der Waals surface area contributed by atoms with E-state index in [-0.39, 0.29) is 0 Å². The number of rotatable bonds is 7. The summed E-state index contributed by atoms with van der Waals surface area (Å²) in [7, 11) is 0. The summed E-state index contributed by atoms with van der Waals surface area (Å²) in [6.45, 7) is 1.73. The quantitative estimate of drug-likeness (QED) is 0.160. The van der Waals surface area contributed by atoms with Crippen molar-refractivity contribution >= 4 is 43.6 Å². The van der Waals surface area contributed by atoms with Gasteiger partial charge in [0.1, 0.15) is 0 Å². The summed E-state index contributed by atoms with van der Waals surface area (Å²) >= 11 is 0. The maximum absolute atomic E-state index is 13.7.